The van der Waals surface area contributed by atoms with Crippen LogP contribution in [0.4, 0.5) is 0 Å². The van der Waals surface area contributed by atoms with Crippen molar-refractivity contribution in [3.05, 3.63) is 0 Å². The summed E-state index contributed by atoms with van der Waals surface area (Å²) < 4.78 is 5.25. The maximum atomic E-state index is 12.2. The number of ether oxygens (including phenoxy) is 1. The van der Waals surface area contributed by atoms with Crippen molar-refractivity contribution in [3.63, 3.8) is 0 Å². The second-order valence-corrected chi connectivity index (χ2v) is 5.83. The van der Waals surface area contributed by atoms with Crippen LogP contribution in [-0.2, 0) is 9.53 Å². The van der Waals surface area contributed by atoms with Gasteiger partial charge in [-0.15, -0.1) is 11.6 Å². The lowest BCUT2D eigenvalue weighted by molar-refractivity contribution is -0.136. The standard InChI is InChI=1S/C13H22ClNO2/c1-10-2-4-11(5-3-10)12(14)13(16)15-6-8-17-9-7-15/h10-12H,2-9H2,1H3. The minimum Gasteiger partial charge on any atom is -0.378 e. The number of carbonyl (C=O) groups is 1. The quantitative estimate of drug-likeness (QED) is 0.712. The molecule has 1 saturated carbocycles. The highest BCUT2D eigenvalue weighted by Crippen LogP contribution is 2.33. The molecule has 2 fully saturated rings. The third kappa shape index (κ3) is 3.35. The highest BCUT2D eigenvalue weighted by molar-refractivity contribution is 6.30. The Labute approximate surface area is 108 Å². The van der Waals surface area contributed by atoms with Gasteiger partial charge in [0.15, 0.2) is 0 Å². The van der Waals surface area contributed by atoms with Crippen molar-refractivity contribution in [2.45, 2.75) is 38.0 Å². The summed E-state index contributed by atoms with van der Waals surface area (Å²) in [5, 5.41) is -0.319. The van der Waals surface area contributed by atoms with Gasteiger partial charge >= 0.3 is 0 Å². The third-order valence-electron chi connectivity index (χ3n) is 4.03. The molecule has 0 aromatic heterocycles. The van der Waals surface area contributed by atoms with Gasteiger partial charge in [-0.2, -0.15) is 0 Å². The van der Waals surface area contributed by atoms with Gasteiger partial charge in [0.2, 0.25) is 5.91 Å². The Morgan fingerprint density at radius 3 is 2.41 bits per heavy atom. The molecule has 1 heterocycles. The van der Waals surface area contributed by atoms with Crippen LogP contribution in [0.3, 0.4) is 0 Å². The summed E-state index contributed by atoms with van der Waals surface area (Å²) in [6.07, 6.45) is 4.63. The molecule has 98 valence electrons. The van der Waals surface area contributed by atoms with Crippen molar-refractivity contribution < 1.29 is 9.53 Å². The average Bonchev–Trinajstić information content (AvgIpc) is 2.39. The lowest BCUT2D eigenvalue weighted by Gasteiger charge is -2.33. The number of rotatable bonds is 2. The second kappa shape index (κ2) is 6.05. The van der Waals surface area contributed by atoms with Crippen LogP contribution in [0.2, 0.25) is 0 Å². The molecule has 1 atom stereocenters. The minimum absolute atomic E-state index is 0.120. The monoisotopic (exact) mass is 259 g/mol. The molecule has 0 aromatic carbocycles. The number of alkyl halides is 1. The fourth-order valence-electron chi connectivity index (χ4n) is 2.74. The van der Waals surface area contributed by atoms with E-state index < -0.39 is 0 Å². The summed E-state index contributed by atoms with van der Waals surface area (Å²) in [5.41, 5.74) is 0. The fourth-order valence-corrected chi connectivity index (χ4v) is 3.13. The molecule has 3 nitrogen and oxygen atoms in total. The van der Waals surface area contributed by atoms with Crippen LogP contribution in [0, 0.1) is 11.8 Å². The van der Waals surface area contributed by atoms with E-state index in [2.05, 4.69) is 6.92 Å². The molecule has 1 unspecified atom stereocenters. The molecular weight excluding hydrogens is 238 g/mol. The summed E-state index contributed by atoms with van der Waals surface area (Å²) in [6, 6.07) is 0. The Morgan fingerprint density at radius 2 is 1.82 bits per heavy atom. The van der Waals surface area contributed by atoms with Crippen LogP contribution < -0.4 is 0 Å². The zero-order valence-corrected chi connectivity index (χ0v) is 11.3. The number of carbonyl (C=O) groups excluding carboxylic acids is 1. The molecule has 0 spiro atoms. The first-order chi connectivity index (χ1) is 8.18. The van der Waals surface area contributed by atoms with Crippen LogP contribution in [0.15, 0.2) is 0 Å². The highest BCUT2D eigenvalue weighted by atomic mass is 35.5. The fraction of sp³-hybridized carbons (Fsp3) is 0.923. The smallest absolute Gasteiger partial charge is 0.241 e. The lowest BCUT2D eigenvalue weighted by Crippen LogP contribution is -2.46. The first-order valence-electron chi connectivity index (χ1n) is 6.69. The van der Waals surface area contributed by atoms with E-state index in [0.29, 0.717) is 32.2 Å². The molecule has 0 radical (unpaired) electrons. The molecule has 4 heteroatoms. The summed E-state index contributed by atoms with van der Waals surface area (Å²) in [5.74, 6) is 1.30. The number of amides is 1. The van der Waals surface area contributed by atoms with Crippen molar-refractivity contribution in [1.29, 1.82) is 0 Å². The van der Waals surface area contributed by atoms with Crippen LogP contribution in [0.5, 0.6) is 0 Å². The summed E-state index contributed by atoms with van der Waals surface area (Å²) in [4.78, 5) is 14.1. The van der Waals surface area contributed by atoms with Gasteiger partial charge in [0, 0.05) is 13.1 Å². The van der Waals surface area contributed by atoms with Gasteiger partial charge in [-0.25, -0.2) is 0 Å². The van der Waals surface area contributed by atoms with Gasteiger partial charge in [0.05, 0.1) is 13.2 Å². The van der Waals surface area contributed by atoms with E-state index in [9.17, 15) is 4.79 Å². The van der Waals surface area contributed by atoms with Gasteiger partial charge in [-0.05, 0) is 24.7 Å². The zero-order chi connectivity index (χ0) is 12.3. The SMILES string of the molecule is CC1CCC(C(Cl)C(=O)N2CCOCC2)CC1. The normalized spacial score (nSPS) is 32.2. The molecule has 0 N–H and O–H groups in total. The van der Waals surface area contributed by atoms with Gasteiger partial charge in [-0.1, -0.05) is 19.8 Å². The van der Waals surface area contributed by atoms with Crippen LogP contribution in [-0.4, -0.2) is 42.5 Å². The number of morpholine rings is 1. The van der Waals surface area contributed by atoms with Crippen molar-refractivity contribution in [2.75, 3.05) is 26.3 Å². The Bertz CT molecular complexity index is 258. The van der Waals surface area contributed by atoms with E-state index in [1.54, 1.807) is 0 Å². The van der Waals surface area contributed by atoms with Crippen molar-refractivity contribution in [3.8, 4) is 0 Å². The Kier molecular flexibility index (Phi) is 4.69. The van der Waals surface area contributed by atoms with Gasteiger partial charge < -0.3 is 9.64 Å². The Balaban J connectivity index is 1.85. The molecule has 17 heavy (non-hydrogen) atoms. The molecule has 1 aliphatic carbocycles. The Hall–Kier alpha value is -0.280. The molecule has 0 bridgehead atoms. The van der Waals surface area contributed by atoms with E-state index in [1.807, 2.05) is 4.90 Å². The maximum absolute atomic E-state index is 12.2. The number of hydrogen-bond donors (Lipinski definition) is 0. The van der Waals surface area contributed by atoms with E-state index >= 15 is 0 Å². The predicted octanol–water partition coefficient (Wildman–Crippen LogP) is 2.28. The zero-order valence-electron chi connectivity index (χ0n) is 10.5. The number of nitrogens with zero attached hydrogens (tertiary/aromatic N) is 1. The second-order valence-electron chi connectivity index (χ2n) is 5.36. The Morgan fingerprint density at radius 1 is 1.24 bits per heavy atom. The number of hydrogen-bond acceptors (Lipinski definition) is 2. The van der Waals surface area contributed by atoms with Crippen molar-refractivity contribution in [1.82, 2.24) is 4.90 Å². The molecule has 1 amide bonds. The molecular formula is C13H22ClNO2. The van der Waals surface area contributed by atoms with Crippen molar-refractivity contribution >= 4 is 17.5 Å². The largest absolute Gasteiger partial charge is 0.378 e. The first-order valence-corrected chi connectivity index (χ1v) is 7.12. The van der Waals surface area contributed by atoms with Crippen molar-refractivity contribution in [2.24, 2.45) is 11.8 Å². The van der Waals surface area contributed by atoms with E-state index in [0.717, 1.165) is 18.8 Å². The lowest BCUT2D eigenvalue weighted by atomic mass is 9.81. The predicted molar refractivity (Wildman–Crippen MR) is 68.2 cm³/mol. The van der Waals surface area contributed by atoms with Gasteiger partial charge in [-0.3, -0.25) is 4.79 Å². The average molecular weight is 260 g/mol. The topological polar surface area (TPSA) is 29.5 Å². The van der Waals surface area contributed by atoms with Gasteiger partial charge in [0.25, 0.3) is 0 Å². The van der Waals surface area contributed by atoms with E-state index in [4.69, 9.17) is 16.3 Å². The van der Waals surface area contributed by atoms with Crippen LogP contribution in [0.25, 0.3) is 0 Å². The van der Waals surface area contributed by atoms with Crippen LogP contribution >= 0.6 is 11.6 Å². The molecule has 1 saturated heterocycles. The number of halogens is 1. The van der Waals surface area contributed by atoms with E-state index in [-0.39, 0.29) is 11.3 Å². The third-order valence-corrected chi connectivity index (χ3v) is 4.58. The molecule has 1 aliphatic heterocycles. The summed E-state index contributed by atoms with van der Waals surface area (Å²) >= 11 is 6.36. The maximum Gasteiger partial charge on any atom is 0.241 e. The highest BCUT2D eigenvalue weighted by Gasteiger charge is 2.32. The first kappa shape index (κ1) is 13.2. The summed E-state index contributed by atoms with van der Waals surface area (Å²) in [7, 11) is 0. The molecule has 0 aromatic rings. The van der Waals surface area contributed by atoms with Gasteiger partial charge in [0.1, 0.15) is 5.38 Å². The molecule has 2 aliphatic rings. The minimum atomic E-state index is -0.319. The molecule has 2 rings (SSSR count). The van der Waals surface area contributed by atoms with Crippen LogP contribution in [0.1, 0.15) is 32.6 Å². The summed E-state index contributed by atoms with van der Waals surface area (Å²) in [6.45, 7) is 4.98. The van der Waals surface area contributed by atoms with E-state index in [1.165, 1.54) is 12.8 Å².